The van der Waals surface area contributed by atoms with E-state index in [1.165, 1.54) is 0 Å². The first-order valence-electron chi connectivity index (χ1n) is 5.36. The number of carbonyl (C=O) groups excluding carboxylic acids is 1. The smallest absolute Gasteiger partial charge is 0.223 e. The van der Waals surface area contributed by atoms with Crippen LogP contribution in [0.25, 0.3) is 0 Å². The molecule has 0 aromatic rings. The number of aliphatic hydroxyl groups excluding tert-OH is 1. The molecule has 0 aromatic carbocycles. The number of carbonyl (C=O) groups is 1. The Morgan fingerprint density at radius 2 is 2.20 bits per heavy atom. The maximum Gasteiger partial charge on any atom is 0.223 e. The molecule has 1 heterocycles. The minimum atomic E-state index is -0.451. The molecule has 4 heteroatoms. The molecule has 3 nitrogen and oxygen atoms in total. The summed E-state index contributed by atoms with van der Waals surface area (Å²) in [6, 6.07) is 0. The number of hydrogen-bond donors (Lipinski definition) is 1. The van der Waals surface area contributed by atoms with Crippen molar-refractivity contribution in [3.05, 3.63) is 0 Å². The number of likely N-dealkylation sites (tertiary alicyclic amines) is 1. The maximum atomic E-state index is 11.7. The molecule has 0 bridgehead atoms. The van der Waals surface area contributed by atoms with Gasteiger partial charge in [0.25, 0.3) is 0 Å². The van der Waals surface area contributed by atoms with Gasteiger partial charge in [-0.15, -0.1) is 0 Å². The van der Waals surface area contributed by atoms with Gasteiger partial charge < -0.3 is 10.0 Å². The van der Waals surface area contributed by atoms with E-state index in [-0.39, 0.29) is 11.3 Å². The van der Waals surface area contributed by atoms with Crippen molar-refractivity contribution in [2.75, 3.05) is 18.4 Å². The van der Waals surface area contributed by atoms with Gasteiger partial charge in [0.05, 0.1) is 6.10 Å². The molecular weight excluding hydrogens is 258 g/mol. The van der Waals surface area contributed by atoms with Gasteiger partial charge in [0.15, 0.2) is 0 Å². The van der Waals surface area contributed by atoms with Crippen LogP contribution in [0.4, 0.5) is 0 Å². The van der Waals surface area contributed by atoms with E-state index < -0.39 is 6.10 Å². The number of aliphatic hydroxyl groups is 1. The average molecular weight is 278 g/mol. The lowest BCUT2D eigenvalue weighted by Crippen LogP contribution is -2.35. The molecular formula is C11H20BrNO2. The monoisotopic (exact) mass is 277 g/mol. The van der Waals surface area contributed by atoms with Crippen LogP contribution in [-0.2, 0) is 4.79 Å². The topological polar surface area (TPSA) is 40.5 Å². The summed E-state index contributed by atoms with van der Waals surface area (Å²) in [5.74, 6) is 0.586. The van der Waals surface area contributed by atoms with Crippen LogP contribution in [0.2, 0.25) is 0 Å². The number of β-amino-alcohol motifs (C(OH)–C–C–N with tert-alkyl or cyclic N) is 1. The van der Waals surface area contributed by atoms with Gasteiger partial charge in [-0.1, -0.05) is 36.7 Å². The largest absolute Gasteiger partial charge is 0.390 e. The van der Waals surface area contributed by atoms with Gasteiger partial charge in [-0.3, -0.25) is 4.79 Å². The first kappa shape index (κ1) is 13.0. The Labute approximate surface area is 100.0 Å². The van der Waals surface area contributed by atoms with Gasteiger partial charge in [-0.25, -0.2) is 0 Å². The normalized spacial score (nSPS) is 24.7. The van der Waals surface area contributed by atoms with Gasteiger partial charge in [0.2, 0.25) is 5.91 Å². The molecule has 0 saturated carbocycles. The van der Waals surface area contributed by atoms with Crippen LogP contribution >= 0.6 is 15.9 Å². The molecule has 0 aliphatic carbocycles. The third-order valence-electron chi connectivity index (χ3n) is 3.05. The van der Waals surface area contributed by atoms with Crippen molar-refractivity contribution in [2.24, 2.45) is 11.3 Å². The van der Waals surface area contributed by atoms with E-state index in [4.69, 9.17) is 0 Å². The summed E-state index contributed by atoms with van der Waals surface area (Å²) in [4.78, 5) is 13.5. The minimum Gasteiger partial charge on any atom is -0.390 e. The molecule has 1 N–H and O–H groups in total. The summed E-state index contributed by atoms with van der Waals surface area (Å²) >= 11 is 3.21. The van der Waals surface area contributed by atoms with Crippen molar-refractivity contribution < 1.29 is 9.90 Å². The van der Waals surface area contributed by atoms with Crippen molar-refractivity contribution in [1.82, 2.24) is 4.90 Å². The van der Waals surface area contributed by atoms with Crippen molar-refractivity contribution in [3.8, 4) is 0 Å². The van der Waals surface area contributed by atoms with Crippen LogP contribution < -0.4 is 0 Å². The molecule has 1 amide bonds. The Kier molecular flexibility index (Phi) is 4.18. The van der Waals surface area contributed by atoms with Crippen molar-refractivity contribution >= 4 is 21.8 Å². The molecule has 15 heavy (non-hydrogen) atoms. The SMILES string of the molecule is CC(C)(C)C1CC(=O)N(CC(O)CBr)C1. The van der Waals surface area contributed by atoms with E-state index in [2.05, 4.69) is 36.7 Å². The van der Waals surface area contributed by atoms with Gasteiger partial charge in [0.1, 0.15) is 0 Å². The molecule has 0 spiro atoms. The summed E-state index contributed by atoms with van der Waals surface area (Å²) in [6.45, 7) is 7.73. The van der Waals surface area contributed by atoms with Crippen LogP contribution in [0.3, 0.4) is 0 Å². The van der Waals surface area contributed by atoms with E-state index in [9.17, 15) is 9.90 Å². The zero-order valence-electron chi connectivity index (χ0n) is 9.66. The first-order valence-corrected chi connectivity index (χ1v) is 6.48. The molecule has 1 rings (SSSR count). The Morgan fingerprint density at radius 3 is 2.60 bits per heavy atom. The predicted molar refractivity (Wildman–Crippen MR) is 63.9 cm³/mol. The highest BCUT2D eigenvalue weighted by molar-refractivity contribution is 9.09. The van der Waals surface area contributed by atoms with Crippen LogP contribution in [0.15, 0.2) is 0 Å². The number of hydrogen-bond acceptors (Lipinski definition) is 2. The second-order valence-electron chi connectivity index (χ2n) is 5.37. The summed E-state index contributed by atoms with van der Waals surface area (Å²) in [5.41, 5.74) is 0.170. The molecule has 1 aliphatic heterocycles. The van der Waals surface area contributed by atoms with E-state index in [0.717, 1.165) is 6.54 Å². The van der Waals surface area contributed by atoms with Crippen LogP contribution in [0.1, 0.15) is 27.2 Å². The summed E-state index contributed by atoms with van der Waals surface area (Å²) in [7, 11) is 0. The fourth-order valence-corrected chi connectivity index (χ4v) is 2.04. The lowest BCUT2D eigenvalue weighted by atomic mass is 9.80. The Bertz CT molecular complexity index is 237. The first-order chi connectivity index (χ1) is 6.84. The molecule has 0 aromatic heterocycles. The Morgan fingerprint density at radius 1 is 1.60 bits per heavy atom. The van der Waals surface area contributed by atoms with E-state index in [1.807, 2.05) is 0 Å². The van der Waals surface area contributed by atoms with Crippen molar-refractivity contribution in [3.63, 3.8) is 0 Å². The fourth-order valence-electron chi connectivity index (χ4n) is 1.83. The van der Waals surface area contributed by atoms with Crippen LogP contribution in [0, 0.1) is 11.3 Å². The van der Waals surface area contributed by atoms with Gasteiger partial charge >= 0.3 is 0 Å². The quantitative estimate of drug-likeness (QED) is 0.797. The fraction of sp³-hybridized carbons (Fsp3) is 0.909. The molecule has 1 fully saturated rings. The minimum absolute atomic E-state index is 0.170. The highest BCUT2D eigenvalue weighted by atomic mass is 79.9. The zero-order valence-corrected chi connectivity index (χ0v) is 11.2. The average Bonchev–Trinajstić information content (AvgIpc) is 2.47. The van der Waals surface area contributed by atoms with Crippen LogP contribution in [0.5, 0.6) is 0 Å². The van der Waals surface area contributed by atoms with E-state index >= 15 is 0 Å². The molecule has 0 radical (unpaired) electrons. The molecule has 1 aliphatic rings. The third-order valence-corrected chi connectivity index (χ3v) is 3.80. The van der Waals surface area contributed by atoms with Crippen molar-refractivity contribution in [1.29, 1.82) is 0 Å². The van der Waals surface area contributed by atoms with Gasteiger partial charge in [-0.05, 0) is 11.3 Å². The lowest BCUT2D eigenvalue weighted by molar-refractivity contribution is -0.128. The van der Waals surface area contributed by atoms with E-state index in [1.54, 1.807) is 4.90 Å². The number of nitrogens with zero attached hydrogens (tertiary/aromatic N) is 1. The number of alkyl halides is 1. The second kappa shape index (κ2) is 4.83. The summed E-state index contributed by atoms with van der Waals surface area (Å²) < 4.78 is 0. The number of halogens is 1. The Hall–Kier alpha value is -0.0900. The number of rotatable bonds is 3. The highest BCUT2D eigenvalue weighted by Gasteiger charge is 2.37. The van der Waals surface area contributed by atoms with Crippen molar-refractivity contribution in [2.45, 2.75) is 33.3 Å². The Balaban J connectivity index is 2.53. The highest BCUT2D eigenvalue weighted by Crippen LogP contribution is 2.34. The second-order valence-corrected chi connectivity index (χ2v) is 6.02. The maximum absolute atomic E-state index is 11.7. The lowest BCUT2D eigenvalue weighted by Gasteiger charge is -2.27. The molecule has 2 unspecified atom stereocenters. The summed E-state index contributed by atoms with van der Waals surface area (Å²) in [5, 5.41) is 10.0. The zero-order chi connectivity index (χ0) is 11.6. The van der Waals surface area contributed by atoms with Gasteiger partial charge in [0, 0.05) is 24.8 Å². The molecule has 1 saturated heterocycles. The predicted octanol–water partition coefficient (Wildman–Crippen LogP) is 1.64. The number of amides is 1. The van der Waals surface area contributed by atoms with Gasteiger partial charge in [-0.2, -0.15) is 0 Å². The standard InChI is InChI=1S/C11H20BrNO2/c1-11(2,3)8-4-10(15)13(6-8)7-9(14)5-12/h8-9,14H,4-7H2,1-3H3. The van der Waals surface area contributed by atoms with E-state index in [0.29, 0.717) is 24.2 Å². The third kappa shape index (κ3) is 3.45. The molecule has 2 atom stereocenters. The molecule has 88 valence electrons. The summed E-state index contributed by atoms with van der Waals surface area (Å²) in [6.07, 6.45) is 0.172. The van der Waals surface area contributed by atoms with Crippen LogP contribution in [-0.4, -0.2) is 40.4 Å².